The van der Waals surface area contributed by atoms with Gasteiger partial charge in [0.25, 0.3) is 0 Å². The van der Waals surface area contributed by atoms with E-state index in [1.165, 1.54) is 4.90 Å². The molecule has 2 bridgehead atoms. The zero-order chi connectivity index (χ0) is 18.4. The van der Waals surface area contributed by atoms with Gasteiger partial charge in [-0.25, -0.2) is 0 Å². The van der Waals surface area contributed by atoms with E-state index < -0.39 is 0 Å². The number of imide groups is 1. The second-order valence-electron chi connectivity index (χ2n) is 7.09. The molecular formula is C19H18Cl2N2O3. The summed E-state index contributed by atoms with van der Waals surface area (Å²) in [6.07, 6.45) is 6.13. The first-order valence-corrected chi connectivity index (χ1v) is 9.50. The number of hydrogen-bond donors (Lipinski definition) is 1. The van der Waals surface area contributed by atoms with Gasteiger partial charge >= 0.3 is 0 Å². The molecule has 4 aliphatic rings. The van der Waals surface area contributed by atoms with Gasteiger partial charge in [-0.1, -0.05) is 35.4 Å². The molecular weight excluding hydrogens is 375 g/mol. The van der Waals surface area contributed by atoms with Gasteiger partial charge in [-0.3, -0.25) is 19.3 Å². The minimum Gasteiger partial charge on any atom is -0.325 e. The summed E-state index contributed by atoms with van der Waals surface area (Å²) in [5, 5.41) is 3.51. The summed E-state index contributed by atoms with van der Waals surface area (Å²) in [6, 6.07) is 4.79. The van der Waals surface area contributed by atoms with Crippen molar-refractivity contribution in [2.75, 3.05) is 11.9 Å². The Hall–Kier alpha value is -1.85. The van der Waals surface area contributed by atoms with Crippen LogP contribution >= 0.6 is 23.2 Å². The van der Waals surface area contributed by atoms with Crippen molar-refractivity contribution in [1.82, 2.24) is 4.90 Å². The van der Waals surface area contributed by atoms with E-state index in [1.807, 2.05) is 0 Å². The van der Waals surface area contributed by atoms with Gasteiger partial charge in [-0.05, 0) is 42.9 Å². The van der Waals surface area contributed by atoms with Crippen molar-refractivity contribution in [3.8, 4) is 0 Å². The van der Waals surface area contributed by atoms with Crippen LogP contribution in [0.25, 0.3) is 0 Å². The Labute approximate surface area is 161 Å². The van der Waals surface area contributed by atoms with Gasteiger partial charge in [0.05, 0.1) is 22.5 Å². The molecule has 7 heteroatoms. The van der Waals surface area contributed by atoms with Crippen LogP contribution in [0.1, 0.15) is 19.3 Å². The van der Waals surface area contributed by atoms with Crippen LogP contribution in [0.15, 0.2) is 30.4 Å². The first-order chi connectivity index (χ1) is 12.5. The number of fused-ring (bicyclic) bond motifs is 1. The van der Waals surface area contributed by atoms with Crippen LogP contribution < -0.4 is 5.32 Å². The molecule has 26 heavy (non-hydrogen) atoms. The van der Waals surface area contributed by atoms with Crippen LogP contribution in [0.2, 0.25) is 10.0 Å². The minimum atomic E-state index is -0.300. The van der Waals surface area contributed by atoms with E-state index in [2.05, 4.69) is 17.5 Å². The lowest BCUT2D eigenvalue weighted by molar-refractivity contribution is -0.140. The van der Waals surface area contributed by atoms with E-state index in [9.17, 15) is 14.4 Å². The number of nitrogens with one attached hydrogen (secondary N) is 1. The summed E-state index contributed by atoms with van der Waals surface area (Å²) >= 11 is 11.9. The quantitative estimate of drug-likeness (QED) is 0.629. The van der Waals surface area contributed by atoms with Gasteiger partial charge in [0.15, 0.2) is 0 Å². The smallest absolute Gasteiger partial charge is 0.233 e. The molecule has 1 saturated carbocycles. The highest BCUT2D eigenvalue weighted by molar-refractivity contribution is 6.36. The highest BCUT2D eigenvalue weighted by atomic mass is 35.5. The highest BCUT2D eigenvalue weighted by Gasteiger charge is 2.56. The zero-order valence-corrected chi connectivity index (χ0v) is 15.5. The van der Waals surface area contributed by atoms with Crippen molar-refractivity contribution in [3.63, 3.8) is 0 Å². The molecule has 0 radical (unpaired) electrons. The fourth-order valence-corrected chi connectivity index (χ4v) is 4.83. The van der Waals surface area contributed by atoms with Crippen LogP contribution in [-0.4, -0.2) is 29.2 Å². The lowest BCUT2D eigenvalue weighted by Gasteiger charge is -2.38. The summed E-state index contributed by atoms with van der Waals surface area (Å²) in [6.45, 7) is 0.0984. The molecule has 5 rings (SSSR count). The van der Waals surface area contributed by atoms with E-state index in [-0.39, 0.29) is 54.4 Å². The molecule has 4 atom stereocenters. The molecule has 0 aromatic heterocycles. The van der Waals surface area contributed by atoms with Gasteiger partial charge < -0.3 is 5.32 Å². The number of amides is 3. The molecule has 5 nitrogen and oxygen atoms in total. The van der Waals surface area contributed by atoms with Crippen LogP contribution in [0, 0.1) is 23.7 Å². The number of nitrogens with zero attached hydrogens (tertiary/aromatic N) is 1. The number of likely N-dealkylation sites (tertiary alicyclic amines) is 1. The predicted octanol–water partition coefficient (Wildman–Crippen LogP) is 3.52. The third-order valence-corrected chi connectivity index (χ3v) is 6.17. The number of hydrogen-bond acceptors (Lipinski definition) is 3. The summed E-state index contributed by atoms with van der Waals surface area (Å²) in [5.74, 6) is -0.708. The molecule has 1 saturated heterocycles. The van der Waals surface area contributed by atoms with Crippen molar-refractivity contribution >= 4 is 46.6 Å². The third kappa shape index (κ3) is 2.93. The maximum absolute atomic E-state index is 12.7. The standard InChI is InChI=1S/C19H18Cl2N2O3/c20-12-5-6-14(13(21)9-12)22-15(24)7-8-23-18(25)16-10-1-2-11(4-3-10)17(16)19(23)26/h1-2,5-6,9-11,16-17H,3-4,7-8H2,(H,22,24)/t10-,11-,16-,17+/m0/s1. The molecule has 1 N–H and O–H groups in total. The number of rotatable bonds is 4. The Balaban J connectivity index is 1.40. The van der Waals surface area contributed by atoms with E-state index >= 15 is 0 Å². The average Bonchev–Trinajstić information content (AvgIpc) is 2.90. The van der Waals surface area contributed by atoms with Crippen molar-refractivity contribution in [1.29, 1.82) is 0 Å². The maximum atomic E-state index is 12.7. The molecule has 0 spiro atoms. The normalized spacial score (nSPS) is 29.2. The number of carbonyl (C=O) groups is 3. The Kier molecular flexibility index (Phi) is 4.53. The zero-order valence-electron chi connectivity index (χ0n) is 14.0. The minimum absolute atomic E-state index is 0.0403. The fourth-order valence-electron chi connectivity index (χ4n) is 4.37. The van der Waals surface area contributed by atoms with Gasteiger partial charge in [0.2, 0.25) is 17.7 Å². The van der Waals surface area contributed by atoms with Crippen LogP contribution in [0.3, 0.4) is 0 Å². The van der Waals surface area contributed by atoms with Gasteiger partial charge in [0, 0.05) is 18.0 Å². The van der Waals surface area contributed by atoms with Crippen LogP contribution in [0.5, 0.6) is 0 Å². The molecule has 136 valence electrons. The van der Waals surface area contributed by atoms with Crippen molar-refractivity contribution in [2.24, 2.45) is 23.7 Å². The lowest BCUT2D eigenvalue weighted by atomic mass is 9.63. The number of halogens is 2. The lowest BCUT2D eigenvalue weighted by Crippen LogP contribution is -2.38. The second-order valence-corrected chi connectivity index (χ2v) is 7.94. The third-order valence-electron chi connectivity index (χ3n) is 5.62. The largest absolute Gasteiger partial charge is 0.325 e. The summed E-state index contributed by atoms with van der Waals surface area (Å²) in [7, 11) is 0. The number of carbonyl (C=O) groups excluding carboxylic acids is 3. The fraction of sp³-hybridized carbons (Fsp3) is 0.421. The van der Waals surface area contributed by atoms with Crippen LogP contribution in [0.4, 0.5) is 5.69 Å². The average molecular weight is 393 g/mol. The second kappa shape index (κ2) is 6.71. The number of allylic oxidation sites excluding steroid dienone is 2. The molecule has 3 amide bonds. The summed E-state index contributed by atoms with van der Waals surface area (Å²) in [4.78, 5) is 38.9. The van der Waals surface area contributed by atoms with Gasteiger partial charge in [-0.15, -0.1) is 0 Å². The highest BCUT2D eigenvalue weighted by Crippen LogP contribution is 2.49. The van der Waals surface area contributed by atoms with Gasteiger partial charge in [-0.2, -0.15) is 0 Å². The Morgan fingerprint density at radius 2 is 1.69 bits per heavy atom. The van der Waals surface area contributed by atoms with E-state index in [4.69, 9.17) is 23.2 Å². The van der Waals surface area contributed by atoms with Crippen molar-refractivity contribution < 1.29 is 14.4 Å². The Morgan fingerprint density at radius 1 is 1.08 bits per heavy atom. The first kappa shape index (κ1) is 17.6. The maximum Gasteiger partial charge on any atom is 0.233 e. The molecule has 0 unspecified atom stereocenters. The summed E-state index contributed by atoms with van der Waals surface area (Å²) in [5.41, 5.74) is 0.455. The molecule has 2 fully saturated rings. The van der Waals surface area contributed by atoms with E-state index in [0.717, 1.165) is 12.8 Å². The molecule has 1 aliphatic heterocycles. The number of anilines is 1. The topological polar surface area (TPSA) is 66.5 Å². The molecule has 3 aliphatic carbocycles. The Bertz CT molecular complexity index is 791. The van der Waals surface area contributed by atoms with E-state index in [1.54, 1.807) is 18.2 Å². The Morgan fingerprint density at radius 3 is 2.23 bits per heavy atom. The van der Waals surface area contributed by atoms with E-state index in [0.29, 0.717) is 15.7 Å². The molecule has 1 aromatic rings. The monoisotopic (exact) mass is 392 g/mol. The van der Waals surface area contributed by atoms with Crippen molar-refractivity contribution in [2.45, 2.75) is 19.3 Å². The molecule has 1 heterocycles. The van der Waals surface area contributed by atoms with Crippen molar-refractivity contribution in [3.05, 3.63) is 40.4 Å². The van der Waals surface area contributed by atoms with Crippen LogP contribution in [-0.2, 0) is 14.4 Å². The SMILES string of the molecule is O=C(CCN1C(=O)[C@@H]2[C@H](C1=O)[C@H]1C=C[C@H]2CC1)Nc1ccc(Cl)cc1Cl. The predicted molar refractivity (Wildman–Crippen MR) is 98.8 cm³/mol. The number of benzene rings is 1. The summed E-state index contributed by atoms with van der Waals surface area (Å²) < 4.78 is 0. The molecule has 1 aromatic carbocycles. The van der Waals surface area contributed by atoms with Gasteiger partial charge in [0.1, 0.15) is 0 Å². The first-order valence-electron chi connectivity index (χ1n) is 8.74.